The molecule has 0 spiro atoms. The molecule has 1 N–H and O–H groups in total. The van der Waals surface area contributed by atoms with E-state index >= 15 is 0 Å². The van der Waals surface area contributed by atoms with Crippen LogP contribution in [0.15, 0.2) is 18.2 Å². The van der Waals surface area contributed by atoms with Gasteiger partial charge in [-0.15, -0.1) is 0 Å². The molecule has 1 aromatic rings. The van der Waals surface area contributed by atoms with Crippen molar-refractivity contribution >= 4 is 5.82 Å². The lowest BCUT2D eigenvalue weighted by Gasteiger charge is -2.21. The first-order valence-corrected chi connectivity index (χ1v) is 7.36. The first-order chi connectivity index (χ1) is 8.92. The van der Waals surface area contributed by atoms with Gasteiger partial charge in [0.15, 0.2) is 0 Å². The lowest BCUT2D eigenvalue weighted by atomic mass is 10.2. The molecule has 2 fully saturated rings. The van der Waals surface area contributed by atoms with Gasteiger partial charge in [-0.25, -0.2) is 4.98 Å². The second kappa shape index (κ2) is 5.70. The Kier molecular flexibility index (Phi) is 3.79. The van der Waals surface area contributed by atoms with Crippen LogP contribution in [0.5, 0.6) is 0 Å². The Labute approximate surface area is 110 Å². The molecule has 0 atom stereocenters. The van der Waals surface area contributed by atoms with E-state index in [0.29, 0.717) is 0 Å². The Morgan fingerprint density at radius 1 is 1.11 bits per heavy atom. The van der Waals surface area contributed by atoms with E-state index in [4.69, 9.17) is 4.98 Å². The van der Waals surface area contributed by atoms with Crippen LogP contribution in [0.4, 0.5) is 5.82 Å². The molecule has 0 radical (unpaired) electrons. The topological polar surface area (TPSA) is 28.2 Å². The highest BCUT2D eigenvalue weighted by Gasteiger charge is 2.20. The van der Waals surface area contributed by atoms with Gasteiger partial charge in [0, 0.05) is 25.7 Å². The Morgan fingerprint density at radius 3 is 2.61 bits per heavy atom. The van der Waals surface area contributed by atoms with Gasteiger partial charge in [0.25, 0.3) is 0 Å². The summed E-state index contributed by atoms with van der Waals surface area (Å²) < 4.78 is 0. The number of nitrogens with one attached hydrogen (secondary N) is 1. The predicted octanol–water partition coefficient (Wildman–Crippen LogP) is 2.71. The number of hydrogen-bond acceptors (Lipinski definition) is 3. The second-order valence-electron chi connectivity index (χ2n) is 5.54. The maximum Gasteiger partial charge on any atom is 0.128 e. The number of hydrogen-bond donors (Lipinski definition) is 1. The van der Waals surface area contributed by atoms with E-state index in [1.165, 1.54) is 63.1 Å². The molecule has 0 unspecified atom stereocenters. The van der Waals surface area contributed by atoms with Crippen LogP contribution < -0.4 is 10.2 Å². The van der Waals surface area contributed by atoms with E-state index in [0.717, 1.165) is 12.6 Å². The van der Waals surface area contributed by atoms with E-state index in [1.54, 1.807) is 0 Å². The van der Waals surface area contributed by atoms with Crippen molar-refractivity contribution in [2.24, 2.45) is 0 Å². The first kappa shape index (κ1) is 12.0. The molecule has 2 aliphatic rings. The lowest BCUT2D eigenvalue weighted by molar-refractivity contribution is 0.671. The molecule has 0 bridgehead atoms. The third-order valence-corrected chi connectivity index (χ3v) is 3.87. The number of rotatable bonds is 4. The molecule has 0 aromatic carbocycles. The van der Waals surface area contributed by atoms with Crippen LogP contribution in [0.2, 0.25) is 0 Å². The van der Waals surface area contributed by atoms with Crippen LogP contribution >= 0.6 is 0 Å². The Bertz CT molecular complexity index is 379. The van der Waals surface area contributed by atoms with E-state index < -0.39 is 0 Å². The summed E-state index contributed by atoms with van der Waals surface area (Å²) in [5.41, 5.74) is 1.18. The predicted molar refractivity (Wildman–Crippen MR) is 74.8 cm³/mol. The summed E-state index contributed by atoms with van der Waals surface area (Å²) in [5.74, 6) is 1.17. The van der Waals surface area contributed by atoms with Crippen LogP contribution in [0, 0.1) is 0 Å². The van der Waals surface area contributed by atoms with Gasteiger partial charge >= 0.3 is 0 Å². The third kappa shape index (κ3) is 3.22. The zero-order valence-electron chi connectivity index (χ0n) is 11.1. The summed E-state index contributed by atoms with van der Waals surface area (Å²) in [6.07, 6.45) is 8.05. The Morgan fingerprint density at radius 2 is 1.89 bits per heavy atom. The number of aromatic nitrogens is 1. The van der Waals surface area contributed by atoms with E-state index in [9.17, 15) is 0 Å². The number of nitrogens with zero attached hydrogens (tertiary/aromatic N) is 2. The fraction of sp³-hybridized carbons (Fsp3) is 0.667. The minimum absolute atomic E-state index is 0.758. The molecular formula is C15H23N3. The molecule has 1 aliphatic carbocycles. The third-order valence-electron chi connectivity index (χ3n) is 3.87. The van der Waals surface area contributed by atoms with Gasteiger partial charge in [-0.1, -0.05) is 18.9 Å². The standard InChI is InChI=1S/C15H23N3/c1-2-4-11-18(10-3-1)15-7-5-6-14(17-15)12-16-13-8-9-13/h5-7,13,16H,1-4,8-12H2. The summed E-state index contributed by atoms with van der Waals surface area (Å²) in [5, 5.41) is 3.53. The Balaban J connectivity index is 1.64. The first-order valence-electron chi connectivity index (χ1n) is 7.36. The highest BCUT2D eigenvalue weighted by atomic mass is 15.2. The van der Waals surface area contributed by atoms with E-state index in [2.05, 4.69) is 28.4 Å². The fourth-order valence-corrected chi connectivity index (χ4v) is 2.58. The smallest absolute Gasteiger partial charge is 0.128 e. The lowest BCUT2D eigenvalue weighted by Crippen LogP contribution is -2.25. The average molecular weight is 245 g/mol. The molecule has 3 heteroatoms. The molecule has 0 amide bonds. The van der Waals surface area contributed by atoms with Crippen LogP contribution in [-0.4, -0.2) is 24.1 Å². The van der Waals surface area contributed by atoms with Crippen molar-refractivity contribution < 1.29 is 0 Å². The van der Waals surface area contributed by atoms with Crippen molar-refractivity contribution in [3.8, 4) is 0 Å². The molecule has 1 aromatic heterocycles. The number of pyridine rings is 1. The van der Waals surface area contributed by atoms with Crippen molar-refractivity contribution in [1.29, 1.82) is 0 Å². The minimum atomic E-state index is 0.758. The zero-order chi connectivity index (χ0) is 12.2. The highest BCUT2D eigenvalue weighted by molar-refractivity contribution is 5.39. The summed E-state index contributed by atoms with van der Waals surface area (Å²) in [6.45, 7) is 3.27. The molecule has 2 heterocycles. The van der Waals surface area contributed by atoms with Crippen LogP contribution in [0.25, 0.3) is 0 Å². The highest BCUT2D eigenvalue weighted by Crippen LogP contribution is 2.20. The van der Waals surface area contributed by atoms with Crippen molar-refractivity contribution in [3.05, 3.63) is 23.9 Å². The van der Waals surface area contributed by atoms with E-state index in [-0.39, 0.29) is 0 Å². The monoisotopic (exact) mass is 245 g/mol. The summed E-state index contributed by atoms with van der Waals surface area (Å²) in [7, 11) is 0. The van der Waals surface area contributed by atoms with Gasteiger partial charge in [0.1, 0.15) is 5.82 Å². The molecule has 1 aliphatic heterocycles. The van der Waals surface area contributed by atoms with Crippen molar-refractivity contribution in [3.63, 3.8) is 0 Å². The minimum Gasteiger partial charge on any atom is -0.357 e. The molecule has 1 saturated carbocycles. The van der Waals surface area contributed by atoms with Gasteiger partial charge in [-0.05, 0) is 37.8 Å². The van der Waals surface area contributed by atoms with Crippen LogP contribution in [0.1, 0.15) is 44.2 Å². The number of anilines is 1. The van der Waals surface area contributed by atoms with Gasteiger partial charge in [-0.3, -0.25) is 0 Å². The summed E-state index contributed by atoms with van der Waals surface area (Å²) in [4.78, 5) is 7.25. The molecule has 98 valence electrons. The van der Waals surface area contributed by atoms with Gasteiger partial charge in [0.2, 0.25) is 0 Å². The zero-order valence-corrected chi connectivity index (χ0v) is 11.1. The SMILES string of the molecule is c1cc(CNC2CC2)nc(N2CCCCCC2)c1. The quantitative estimate of drug-likeness (QED) is 0.884. The summed E-state index contributed by atoms with van der Waals surface area (Å²) in [6, 6.07) is 7.20. The largest absolute Gasteiger partial charge is 0.357 e. The van der Waals surface area contributed by atoms with Gasteiger partial charge in [0.05, 0.1) is 5.69 Å². The van der Waals surface area contributed by atoms with Crippen molar-refractivity contribution in [1.82, 2.24) is 10.3 Å². The molecule has 1 saturated heterocycles. The molecular weight excluding hydrogens is 222 g/mol. The second-order valence-corrected chi connectivity index (χ2v) is 5.54. The molecule has 18 heavy (non-hydrogen) atoms. The normalized spacial score (nSPS) is 20.8. The van der Waals surface area contributed by atoms with E-state index in [1.807, 2.05) is 0 Å². The average Bonchev–Trinajstić information content (AvgIpc) is 3.24. The molecule has 3 nitrogen and oxygen atoms in total. The van der Waals surface area contributed by atoms with Crippen LogP contribution in [-0.2, 0) is 6.54 Å². The van der Waals surface area contributed by atoms with Crippen LogP contribution in [0.3, 0.4) is 0 Å². The summed E-state index contributed by atoms with van der Waals surface area (Å²) >= 11 is 0. The van der Waals surface area contributed by atoms with Crippen molar-refractivity contribution in [2.45, 2.75) is 51.1 Å². The maximum absolute atomic E-state index is 4.80. The van der Waals surface area contributed by atoms with Gasteiger partial charge < -0.3 is 10.2 Å². The van der Waals surface area contributed by atoms with Gasteiger partial charge in [-0.2, -0.15) is 0 Å². The fourth-order valence-electron chi connectivity index (χ4n) is 2.58. The van der Waals surface area contributed by atoms with Crippen molar-refractivity contribution in [2.75, 3.05) is 18.0 Å². The Hall–Kier alpha value is -1.09. The maximum atomic E-state index is 4.80. The molecule has 3 rings (SSSR count).